The number of aryl methyl sites for hydroxylation is 2. The average Bonchev–Trinajstić information content (AvgIpc) is 2.85. The smallest absolute Gasteiger partial charge is 0.240 e. The number of likely N-dealkylation sites (tertiary alicyclic amines) is 1. The Kier molecular flexibility index (Phi) is 4.01. The molecular weight excluding hydrogens is 230 g/mol. The molecule has 1 atom stereocenters. The Labute approximate surface area is 108 Å². The molecular formula is C13H21N3O2. The lowest BCUT2D eigenvalue weighted by Gasteiger charge is -2.16. The summed E-state index contributed by atoms with van der Waals surface area (Å²) >= 11 is 0. The third-order valence-electron chi connectivity index (χ3n) is 3.47. The Morgan fingerprint density at radius 2 is 2.28 bits per heavy atom. The highest BCUT2D eigenvalue weighted by Crippen LogP contribution is 2.19. The number of hydrogen-bond acceptors (Lipinski definition) is 4. The Hall–Kier alpha value is -1.36. The number of rotatable bonds is 5. The zero-order valence-electron chi connectivity index (χ0n) is 11.3. The van der Waals surface area contributed by atoms with Crippen LogP contribution in [0.3, 0.4) is 0 Å². The van der Waals surface area contributed by atoms with Crippen LogP contribution in [0.15, 0.2) is 4.52 Å². The summed E-state index contributed by atoms with van der Waals surface area (Å²) in [5, 5.41) is 7.21. The first kappa shape index (κ1) is 13.1. The molecule has 1 N–H and O–H groups in total. The molecule has 1 fully saturated rings. The average molecular weight is 251 g/mol. The van der Waals surface area contributed by atoms with E-state index in [4.69, 9.17) is 4.52 Å². The van der Waals surface area contributed by atoms with Crippen LogP contribution in [0.5, 0.6) is 0 Å². The lowest BCUT2D eigenvalue weighted by atomic mass is 10.2. The molecule has 100 valence electrons. The van der Waals surface area contributed by atoms with Crippen LogP contribution >= 0.6 is 0 Å². The zero-order valence-corrected chi connectivity index (χ0v) is 11.3. The minimum Gasteiger partial charge on any atom is -0.361 e. The number of carbonyl (C=O) groups excluding carboxylic acids is 1. The van der Waals surface area contributed by atoms with E-state index in [1.54, 1.807) is 0 Å². The number of aromatic nitrogens is 1. The van der Waals surface area contributed by atoms with E-state index in [-0.39, 0.29) is 11.9 Å². The second kappa shape index (κ2) is 5.52. The molecule has 0 saturated carbocycles. The van der Waals surface area contributed by atoms with Gasteiger partial charge in [0.05, 0.1) is 18.3 Å². The van der Waals surface area contributed by atoms with Gasteiger partial charge in [-0.15, -0.1) is 0 Å². The van der Waals surface area contributed by atoms with Crippen LogP contribution < -0.4 is 5.32 Å². The van der Waals surface area contributed by atoms with Crippen molar-refractivity contribution in [3.63, 3.8) is 0 Å². The van der Waals surface area contributed by atoms with Crippen molar-refractivity contribution in [2.75, 3.05) is 13.1 Å². The van der Waals surface area contributed by atoms with Gasteiger partial charge in [-0.25, -0.2) is 0 Å². The predicted molar refractivity (Wildman–Crippen MR) is 68.1 cm³/mol. The summed E-state index contributed by atoms with van der Waals surface area (Å²) in [7, 11) is 0. The molecule has 0 bridgehead atoms. The summed E-state index contributed by atoms with van der Waals surface area (Å²) in [6.07, 6.45) is 1.94. The van der Waals surface area contributed by atoms with Crippen LogP contribution in [-0.2, 0) is 11.3 Å². The lowest BCUT2D eigenvalue weighted by Crippen LogP contribution is -2.38. The van der Waals surface area contributed by atoms with Gasteiger partial charge in [-0.2, -0.15) is 0 Å². The van der Waals surface area contributed by atoms with E-state index in [2.05, 4.69) is 17.4 Å². The highest BCUT2D eigenvalue weighted by Gasteiger charge is 2.31. The molecule has 1 aromatic heterocycles. The van der Waals surface area contributed by atoms with Gasteiger partial charge in [0.2, 0.25) is 5.91 Å². The van der Waals surface area contributed by atoms with Gasteiger partial charge in [-0.3, -0.25) is 4.79 Å². The fraction of sp³-hybridized carbons (Fsp3) is 0.692. The highest BCUT2D eigenvalue weighted by molar-refractivity contribution is 5.84. The molecule has 0 spiro atoms. The van der Waals surface area contributed by atoms with E-state index in [0.717, 1.165) is 42.9 Å². The van der Waals surface area contributed by atoms with Crippen molar-refractivity contribution in [2.24, 2.45) is 0 Å². The summed E-state index contributed by atoms with van der Waals surface area (Å²) in [6.45, 7) is 8.24. The third kappa shape index (κ3) is 2.56. The second-order valence-electron chi connectivity index (χ2n) is 4.86. The molecule has 0 aromatic carbocycles. The summed E-state index contributed by atoms with van der Waals surface area (Å²) in [6, 6.07) is -0.00887. The molecule has 1 aromatic rings. The van der Waals surface area contributed by atoms with E-state index < -0.39 is 0 Å². The molecule has 1 saturated heterocycles. The molecule has 1 aliphatic heterocycles. The molecule has 5 nitrogen and oxygen atoms in total. The molecule has 0 aliphatic carbocycles. The molecule has 2 rings (SSSR count). The van der Waals surface area contributed by atoms with Crippen molar-refractivity contribution >= 4 is 5.91 Å². The first-order chi connectivity index (χ1) is 8.63. The number of amides is 1. The van der Waals surface area contributed by atoms with Gasteiger partial charge in [-0.05, 0) is 33.2 Å². The number of nitrogens with zero attached hydrogens (tertiary/aromatic N) is 2. The first-order valence-corrected chi connectivity index (χ1v) is 6.57. The van der Waals surface area contributed by atoms with Gasteiger partial charge in [0.15, 0.2) is 0 Å². The molecule has 1 unspecified atom stereocenters. The van der Waals surface area contributed by atoms with Crippen molar-refractivity contribution in [1.29, 1.82) is 0 Å². The van der Waals surface area contributed by atoms with Gasteiger partial charge in [0, 0.05) is 12.1 Å². The zero-order chi connectivity index (χ0) is 13.1. The number of hydrogen-bond donors (Lipinski definition) is 1. The van der Waals surface area contributed by atoms with Gasteiger partial charge < -0.3 is 14.7 Å². The lowest BCUT2D eigenvalue weighted by molar-refractivity contribution is -0.129. The van der Waals surface area contributed by atoms with Gasteiger partial charge in [-0.1, -0.05) is 12.1 Å². The molecule has 1 amide bonds. The van der Waals surface area contributed by atoms with E-state index in [1.807, 2.05) is 18.7 Å². The second-order valence-corrected chi connectivity index (χ2v) is 4.86. The third-order valence-corrected chi connectivity index (χ3v) is 3.47. The van der Waals surface area contributed by atoms with Gasteiger partial charge in [0.1, 0.15) is 5.76 Å². The standard InChI is InChI=1S/C13H21N3O2/c1-4-6-14-12-5-7-16(13(12)17)8-11-9(2)15-18-10(11)3/h12,14H,4-8H2,1-3H3. The maximum Gasteiger partial charge on any atom is 0.240 e. The molecule has 18 heavy (non-hydrogen) atoms. The van der Waals surface area contributed by atoms with Crippen molar-refractivity contribution in [2.45, 2.75) is 46.2 Å². The van der Waals surface area contributed by atoms with Crippen LogP contribution in [0.4, 0.5) is 0 Å². The van der Waals surface area contributed by atoms with Crippen LogP contribution in [0.1, 0.15) is 36.8 Å². The Balaban J connectivity index is 1.98. The van der Waals surface area contributed by atoms with Crippen molar-refractivity contribution in [3.8, 4) is 0 Å². The maximum atomic E-state index is 12.2. The molecule has 5 heteroatoms. The molecule has 1 aliphatic rings. The highest BCUT2D eigenvalue weighted by atomic mass is 16.5. The molecule has 2 heterocycles. The Morgan fingerprint density at radius 3 is 2.89 bits per heavy atom. The predicted octanol–water partition coefficient (Wildman–Crippen LogP) is 1.39. The van der Waals surface area contributed by atoms with Crippen molar-refractivity contribution < 1.29 is 9.32 Å². The summed E-state index contributed by atoms with van der Waals surface area (Å²) < 4.78 is 5.13. The fourth-order valence-corrected chi connectivity index (χ4v) is 2.32. The SMILES string of the molecule is CCCNC1CCN(Cc2c(C)noc2C)C1=O. The van der Waals surface area contributed by atoms with Crippen LogP contribution in [-0.4, -0.2) is 35.1 Å². The maximum absolute atomic E-state index is 12.2. The van der Waals surface area contributed by atoms with Crippen molar-refractivity contribution in [3.05, 3.63) is 17.0 Å². The normalized spacial score (nSPS) is 19.8. The number of nitrogens with one attached hydrogen (secondary N) is 1. The summed E-state index contributed by atoms with van der Waals surface area (Å²) in [4.78, 5) is 14.1. The van der Waals surface area contributed by atoms with Crippen LogP contribution in [0, 0.1) is 13.8 Å². The largest absolute Gasteiger partial charge is 0.361 e. The quantitative estimate of drug-likeness (QED) is 0.859. The van der Waals surface area contributed by atoms with E-state index in [1.165, 1.54) is 0 Å². The summed E-state index contributed by atoms with van der Waals surface area (Å²) in [5.74, 6) is 1.01. The molecule has 0 radical (unpaired) electrons. The fourth-order valence-electron chi connectivity index (χ4n) is 2.32. The Bertz CT molecular complexity index is 408. The minimum absolute atomic E-state index is 0.00887. The Morgan fingerprint density at radius 1 is 1.50 bits per heavy atom. The van der Waals surface area contributed by atoms with Crippen LogP contribution in [0.25, 0.3) is 0 Å². The van der Waals surface area contributed by atoms with E-state index >= 15 is 0 Å². The monoisotopic (exact) mass is 251 g/mol. The van der Waals surface area contributed by atoms with E-state index in [0.29, 0.717) is 6.54 Å². The van der Waals surface area contributed by atoms with E-state index in [9.17, 15) is 4.79 Å². The van der Waals surface area contributed by atoms with Gasteiger partial charge >= 0.3 is 0 Å². The topological polar surface area (TPSA) is 58.4 Å². The van der Waals surface area contributed by atoms with Crippen LogP contribution in [0.2, 0.25) is 0 Å². The number of carbonyl (C=O) groups is 1. The summed E-state index contributed by atoms with van der Waals surface area (Å²) in [5.41, 5.74) is 1.92. The first-order valence-electron chi connectivity index (χ1n) is 6.57. The van der Waals surface area contributed by atoms with Gasteiger partial charge in [0.25, 0.3) is 0 Å². The minimum atomic E-state index is -0.00887. The van der Waals surface area contributed by atoms with Crippen molar-refractivity contribution in [1.82, 2.24) is 15.4 Å².